The van der Waals surface area contributed by atoms with Crippen molar-refractivity contribution >= 4 is 17.2 Å². The second-order valence-electron chi connectivity index (χ2n) is 4.84. The monoisotopic (exact) mass is 330 g/mol. The number of aromatic nitrogens is 3. The summed E-state index contributed by atoms with van der Waals surface area (Å²) >= 11 is 5.02. The largest absolute Gasteiger partial charge is 0.424 e. The maximum Gasteiger partial charge on any atom is 0.354 e. The van der Waals surface area contributed by atoms with Crippen LogP contribution in [0.25, 0.3) is 0 Å². The molecule has 1 aromatic carbocycles. The molecule has 23 heavy (non-hydrogen) atoms. The van der Waals surface area contributed by atoms with Crippen molar-refractivity contribution in [1.82, 2.24) is 14.3 Å². The van der Waals surface area contributed by atoms with Crippen LogP contribution in [0.15, 0.2) is 29.1 Å². The Morgan fingerprint density at radius 2 is 1.96 bits per heavy atom. The van der Waals surface area contributed by atoms with Gasteiger partial charge in [0.05, 0.1) is 11.6 Å². The molecule has 7 heteroatoms. The van der Waals surface area contributed by atoms with E-state index in [1.165, 1.54) is 9.25 Å². The fraction of sp³-hybridized carbons (Fsp3) is 0.375. The zero-order valence-electron chi connectivity index (χ0n) is 13.3. The first-order valence-electron chi connectivity index (χ1n) is 7.50. The van der Waals surface area contributed by atoms with Crippen LogP contribution < -0.4 is 10.4 Å². The van der Waals surface area contributed by atoms with Gasteiger partial charge < -0.3 is 4.74 Å². The van der Waals surface area contributed by atoms with Crippen molar-refractivity contribution in [2.45, 2.75) is 39.7 Å². The van der Waals surface area contributed by atoms with E-state index < -0.39 is 0 Å². The van der Waals surface area contributed by atoms with Crippen LogP contribution >= 0.6 is 12.2 Å². The third-order valence-electron chi connectivity index (χ3n) is 3.18. The van der Waals surface area contributed by atoms with E-state index in [2.05, 4.69) is 5.10 Å². The highest BCUT2D eigenvalue weighted by atomic mass is 32.1. The highest BCUT2D eigenvalue weighted by molar-refractivity contribution is 7.80. The molecule has 6 nitrogen and oxygen atoms in total. The molecule has 0 bridgehead atoms. The summed E-state index contributed by atoms with van der Waals surface area (Å²) in [6, 6.07) is 9.04. The van der Waals surface area contributed by atoms with E-state index in [-0.39, 0.29) is 17.7 Å². The second kappa shape index (κ2) is 7.20. The first kappa shape index (κ1) is 16.9. The molecule has 0 amide bonds. The minimum Gasteiger partial charge on any atom is -0.424 e. The van der Waals surface area contributed by atoms with Crippen LogP contribution in [0.4, 0.5) is 0 Å². The summed E-state index contributed by atoms with van der Waals surface area (Å²) in [5, 5.41) is 12.9. The Kier molecular flexibility index (Phi) is 5.29. The van der Waals surface area contributed by atoms with Gasteiger partial charge in [0.25, 0.3) is 0 Å². The number of hydrogen-bond donors (Lipinski definition) is 0. The fourth-order valence-electron chi connectivity index (χ4n) is 1.98. The molecule has 0 saturated heterocycles. The molecule has 0 N–H and O–H groups in total. The molecule has 120 valence electrons. The van der Waals surface area contributed by atoms with E-state index in [0.717, 1.165) is 12.8 Å². The lowest BCUT2D eigenvalue weighted by atomic mass is 10.2. The lowest BCUT2D eigenvalue weighted by Crippen LogP contribution is -2.27. The predicted octanol–water partition coefficient (Wildman–Crippen LogP) is 3.27. The number of ether oxygens (including phenoxy) is 1. The van der Waals surface area contributed by atoms with Gasteiger partial charge in [-0.2, -0.15) is 9.94 Å². The minimum absolute atomic E-state index is 0.133. The van der Waals surface area contributed by atoms with Crippen LogP contribution in [-0.2, 0) is 0 Å². The number of thiocarbonyl (C=S) groups is 1. The summed E-state index contributed by atoms with van der Waals surface area (Å²) in [4.78, 5) is 12.6. The predicted molar refractivity (Wildman–Crippen MR) is 91.0 cm³/mol. The molecule has 1 fully saturated rings. The van der Waals surface area contributed by atoms with E-state index in [1.54, 1.807) is 31.2 Å². The van der Waals surface area contributed by atoms with Gasteiger partial charge in [0.2, 0.25) is 0 Å². The summed E-state index contributed by atoms with van der Waals surface area (Å²) in [6.45, 7) is 5.65. The highest BCUT2D eigenvalue weighted by Crippen LogP contribution is 2.36. The van der Waals surface area contributed by atoms with Crippen LogP contribution in [-0.4, -0.2) is 19.3 Å². The molecular formula is C16H18N4O2S. The molecule has 0 atom stereocenters. The van der Waals surface area contributed by atoms with Gasteiger partial charge in [0, 0.05) is 6.04 Å². The van der Waals surface area contributed by atoms with Crippen molar-refractivity contribution in [2.75, 3.05) is 0 Å². The van der Waals surface area contributed by atoms with Crippen molar-refractivity contribution in [3.63, 3.8) is 0 Å². The van der Waals surface area contributed by atoms with Gasteiger partial charge in [-0.15, -0.1) is 5.10 Å². The summed E-state index contributed by atoms with van der Waals surface area (Å²) < 4.78 is 8.39. The van der Waals surface area contributed by atoms with E-state index in [4.69, 9.17) is 22.2 Å². The van der Waals surface area contributed by atoms with Crippen LogP contribution in [0.2, 0.25) is 0 Å². The number of nitriles is 1. The summed E-state index contributed by atoms with van der Waals surface area (Å²) in [5.41, 5.74) is 0.274. The van der Waals surface area contributed by atoms with Crippen molar-refractivity contribution in [3.8, 4) is 17.8 Å². The Balaban J connectivity index is 0.000000924. The molecule has 0 unspecified atom stereocenters. The van der Waals surface area contributed by atoms with Gasteiger partial charge in [0.1, 0.15) is 10.7 Å². The third kappa shape index (κ3) is 3.66. The molecule has 0 aliphatic heterocycles. The van der Waals surface area contributed by atoms with Crippen LogP contribution in [0.5, 0.6) is 11.8 Å². The molecule has 1 aromatic heterocycles. The first-order chi connectivity index (χ1) is 11.1. The Labute approximate surface area is 139 Å². The second-order valence-corrected chi connectivity index (χ2v) is 5.43. The molecule has 2 aromatic rings. The lowest BCUT2D eigenvalue weighted by Gasteiger charge is -2.05. The SMILES string of the molecule is CC.CC(=S)n1nc(Oc2ccc(C#N)cc2)n(C2CC2)c1=O. The van der Waals surface area contributed by atoms with Crippen molar-refractivity contribution < 1.29 is 4.74 Å². The van der Waals surface area contributed by atoms with Gasteiger partial charge in [-0.25, -0.2) is 9.36 Å². The van der Waals surface area contributed by atoms with Gasteiger partial charge in [-0.05, 0) is 44.0 Å². The van der Waals surface area contributed by atoms with E-state index in [1.807, 2.05) is 19.9 Å². The molecule has 0 radical (unpaired) electrons. The molecule has 1 saturated carbocycles. The molecule has 3 rings (SSSR count). The average molecular weight is 330 g/mol. The van der Waals surface area contributed by atoms with E-state index >= 15 is 0 Å². The van der Waals surface area contributed by atoms with Crippen molar-refractivity contribution in [2.24, 2.45) is 0 Å². The molecule has 1 heterocycles. The topological polar surface area (TPSA) is 72.8 Å². The number of hydrogen-bond acceptors (Lipinski definition) is 5. The normalized spacial score (nSPS) is 12.8. The molecule has 1 aliphatic carbocycles. The zero-order valence-corrected chi connectivity index (χ0v) is 14.1. The molecule has 0 spiro atoms. The molecule has 1 aliphatic rings. The minimum atomic E-state index is -0.270. The average Bonchev–Trinajstić information content (AvgIpc) is 3.34. The molecular weight excluding hydrogens is 312 g/mol. The Morgan fingerprint density at radius 3 is 2.43 bits per heavy atom. The van der Waals surface area contributed by atoms with Crippen LogP contribution in [0.3, 0.4) is 0 Å². The van der Waals surface area contributed by atoms with Gasteiger partial charge in [-0.1, -0.05) is 26.1 Å². The quantitative estimate of drug-likeness (QED) is 0.808. The standard InChI is InChI=1S/C14H12N4O2S.C2H6/c1-9(21)18-14(19)17(11-4-5-11)13(16-18)20-12-6-2-10(8-15)3-7-12;1-2/h2-3,6-7,11H,4-5H2,1H3;1-2H3. The van der Waals surface area contributed by atoms with Crippen LogP contribution in [0, 0.1) is 11.3 Å². The first-order valence-corrected chi connectivity index (χ1v) is 7.91. The van der Waals surface area contributed by atoms with Crippen molar-refractivity contribution in [3.05, 3.63) is 40.3 Å². The number of rotatable bonds is 3. The maximum absolute atomic E-state index is 12.3. The summed E-state index contributed by atoms with van der Waals surface area (Å²) in [5.74, 6) is 0.523. The van der Waals surface area contributed by atoms with Crippen molar-refractivity contribution in [1.29, 1.82) is 5.26 Å². The fourth-order valence-corrected chi connectivity index (χ4v) is 2.10. The van der Waals surface area contributed by atoms with E-state index in [0.29, 0.717) is 16.3 Å². The Morgan fingerprint density at radius 1 is 1.35 bits per heavy atom. The van der Waals surface area contributed by atoms with Gasteiger partial charge in [0.15, 0.2) is 0 Å². The third-order valence-corrected chi connectivity index (χ3v) is 3.35. The van der Waals surface area contributed by atoms with Gasteiger partial charge in [-0.3, -0.25) is 0 Å². The highest BCUT2D eigenvalue weighted by Gasteiger charge is 2.31. The summed E-state index contributed by atoms with van der Waals surface area (Å²) in [7, 11) is 0. The number of nitrogens with zero attached hydrogens (tertiary/aromatic N) is 4. The Bertz CT molecular complexity index is 795. The maximum atomic E-state index is 12.3. The van der Waals surface area contributed by atoms with E-state index in [9.17, 15) is 4.79 Å². The summed E-state index contributed by atoms with van der Waals surface area (Å²) in [6.07, 6.45) is 1.87. The number of benzene rings is 1. The smallest absolute Gasteiger partial charge is 0.354 e. The lowest BCUT2D eigenvalue weighted by molar-refractivity contribution is 0.408. The van der Waals surface area contributed by atoms with Crippen LogP contribution in [0.1, 0.15) is 45.2 Å². The Hall–Kier alpha value is -2.46. The van der Waals surface area contributed by atoms with Gasteiger partial charge >= 0.3 is 11.7 Å². The zero-order chi connectivity index (χ0) is 17.0.